The van der Waals surface area contributed by atoms with Crippen molar-refractivity contribution in [3.8, 4) is 6.07 Å². The number of fused-ring (bicyclic) bond motifs is 1. The fraction of sp³-hybridized carbons (Fsp3) is 0.172. The number of nitrogens with zero attached hydrogens (tertiary/aromatic N) is 4. The second-order valence-corrected chi connectivity index (χ2v) is 10.8. The van der Waals surface area contributed by atoms with Crippen LogP contribution >= 0.6 is 23.5 Å². The van der Waals surface area contributed by atoms with Gasteiger partial charge in [-0.2, -0.15) is 5.26 Å². The second kappa shape index (κ2) is 11.3. The zero-order valence-corrected chi connectivity index (χ0v) is 23.2. The summed E-state index contributed by atoms with van der Waals surface area (Å²) in [6.07, 6.45) is -0.512. The van der Waals surface area contributed by atoms with E-state index in [-0.39, 0.29) is 12.5 Å². The molecule has 0 saturated carbocycles. The topological polar surface area (TPSA) is 98.0 Å². The van der Waals surface area contributed by atoms with Crippen LogP contribution in [0.4, 0.5) is 21.9 Å². The first-order valence-electron chi connectivity index (χ1n) is 12.2. The van der Waals surface area contributed by atoms with Crippen LogP contribution in [-0.4, -0.2) is 35.7 Å². The van der Waals surface area contributed by atoms with E-state index in [0.717, 1.165) is 26.7 Å². The van der Waals surface area contributed by atoms with Crippen molar-refractivity contribution in [2.24, 2.45) is 4.99 Å². The van der Waals surface area contributed by atoms with Crippen molar-refractivity contribution >= 4 is 57.8 Å². The summed E-state index contributed by atoms with van der Waals surface area (Å²) < 4.78 is 4.99. The van der Waals surface area contributed by atoms with Crippen molar-refractivity contribution in [1.82, 2.24) is 4.90 Å². The van der Waals surface area contributed by atoms with E-state index in [1.807, 2.05) is 73.5 Å². The molecule has 5 rings (SSSR count). The quantitative estimate of drug-likeness (QED) is 0.354. The normalized spacial score (nSPS) is 17.4. The van der Waals surface area contributed by atoms with Crippen LogP contribution in [0.5, 0.6) is 0 Å². The maximum absolute atomic E-state index is 13.9. The van der Waals surface area contributed by atoms with Gasteiger partial charge in [-0.05, 0) is 67.1 Å². The van der Waals surface area contributed by atoms with Crippen LogP contribution in [0.3, 0.4) is 0 Å². The van der Waals surface area contributed by atoms with Gasteiger partial charge in [-0.15, -0.1) is 0 Å². The first-order valence-corrected chi connectivity index (χ1v) is 13.9. The lowest BCUT2D eigenvalue weighted by molar-refractivity contribution is -0.122. The fourth-order valence-corrected chi connectivity index (χ4v) is 6.52. The predicted octanol–water partition coefficient (Wildman–Crippen LogP) is 6.61. The number of aliphatic imine (C=N–C) groups is 1. The summed E-state index contributed by atoms with van der Waals surface area (Å²) in [4.78, 5) is 35.8. The molecule has 10 heteroatoms. The Hall–Kier alpha value is -4.20. The molecule has 0 aromatic heterocycles. The molecule has 1 fully saturated rings. The molecule has 196 valence electrons. The molecule has 0 radical (unpaired) electrons. The predicted molar refractivity (Wildman–Crippen MR) is 156 cm³/mol. The molecule has 0 unspecified atom stereocenters. The van der Waals surface area contributed by atoms with E-state index in [2.05, 4.69) is 11.4 Å². The number of nitrogens with one attached hydrogen (secondary N) is 1. The summed E-state index contributed by atoms with van der Waals surface area (Å²) >= 11 is 2.80. The maximum Gasteiger partial charge on any atom is 0.411 e. The van der Waals surface area contributed by atoms with Crippen molar-refractivity contribution in [3.05, 3.63) is 93.4 Å². The Morgan fingerprint density at radius 3 is 2.64 bits per heavy atom. The monoisotopic (exact) mass is 555 g/mol. The van der Waals surface area contributed by atoms with Gasteiger partial charge in [-0.1, -0.05) is 48.2 Å². The Balaban J connectivity index is 1.51. The SMILES string of the molecule is CCOC(=O)Nc1ccc2c(c1)SC(=C1SC(=Nc3cc(C#N)ccc3C)N(Cc3ccccc3)C1=O)N2C. The van der Waals surface area contributed by atoms with Crippen molar-refractivity contribution in [2.45, 2.75) is 25.3 Å². The fourth-order valence-electron chi connectivity index (χ4n) is 4.14. The zero-order valence-electron chi connectivity index (χ0n) is 21.6. The summed E-state index contributed by atoms with van der Waals surface area (Å²) in [6.45, 7) is 4.34. The molecule has 3 aromatic carbocycles. The summed E-state index contributed by atoms with van der Waals surface area (Å²) in [5.74, 6) is -0.135. The Morgan fingerprint density at radius 1 is 1.10 bits per heavy atom. The molecule has 2 amide bonds. The average Bonchev–Trinajstić information content (AvgIpc) is 3.41. The molecule has 1 saturated heterocycles. The van der Waals surface area contributed by atoms with Crippen molar-refractivity contribution in [3.63, 3.8) is 0 Å². The number of nitriles is 1. The summed E-state index contributed by atoms with van der Waals surface area (Å²) in [6, 6.07) is 22.9. The minimum absolute atomic E-state index is 0.135. The van der Waals surface area contributed by atoms with Gasteiger partial charge in [0.15, 0.2) is 5.17 Å². The molecule has 0 atom stereocenters. The summed E-state index contributed by atoms with van der Waals surface area (Å²) in [7, 11) is 1.92. The molecule has 39 heavy (non-hydrogen) atoms. The summed E-state index contributed by atoms with van der Waals surface area (Å²) in [5, 5.41) is 13.5. The molecule has 2 heterocycles. The molecule has 3 aromatic rings. The number of anilines is 2. The van der Waals surface area contributed by atoms with E-state index < -0.39 is 6.09 Å². The number of carbonyl (C=O) groups excluding carboxylic acids is 2. The highest BCUT2D eigenvalue weighted by Gasteiger charge is 2.39. The van der Waals surface area contributed by atoms with Crippen LogP contribution in [0.25, 0.3) is 0 Å². The van der Waals surface area contributed by atoms with E-state index in [1.54, 1.807) is 24.0 Å². The van der Waals surface area contributed by atoms with Gasteiger partial charge in [0.1, 0.15) is 4.91 Å². The van der Waals surface area contributed by atoms with Gasteiger partial charge in [0.05, 0.1) is 41.2 Å². The van der Waals surface area contributed by atoms with Gasteiger partial charge in [0.25, 0.3) is 5.91 Å². The van der Waals surface area contributed by atoms with E-state index in [1.165, 1.54) is 23.5 Å². The van der Waals surface area contributed by atoms with Crippen LogP contribution < -0.4 is 10.2 Å². The molecule has 0 bridgehead atoms. The zero-order chi connectivity index (χ0) is 27.5. The van der Waals surface area contributed by atoms with Crippen molar-refractivity contribution in [2.75, 3.05) is 23.9 Å². The number of hydrogen-bond donors (Lipinski definition) is 1. The molecule has 1 N–H and O–H groups in total. The van der Waals surface area contributed by atoms with Crippen LogP contribution in [0.15, 0.2) is 86.6 Å². The Kier molecular flexibility index (Phi) is 7.63. The first-order chi connectivity index (χ1) is 18.9. The largest absolute Gasteiger partial charge is 0.450 e. The van der Waals surface area contributed by atoms with E-state index in [4.69, 9.17) is 9.73 Å². The van der Waals surface area contributed by atoms with E-state index in [0.29, 0.717) is 33.6 Å². The number of hydrogen-bond acceptors (Lipinski definition) is 8. The van der Waals surface area contributed by atoms with Gasteiger partial charge < -0.3 is 9.64 Å². The van der Waals surface area contributed by atoms with Gasteiger partial charge in [0, 0.05) is 17.6 Å². The number of amides is 2. The molecule has 2 aliphatic rings. The first kappa shape index (κ1) is 26.4. The van der Waals surface area contributed by atoms with Crippen LogP contribution in [0.2, 0.25) is 0 Å². The van der Waals surface area contributed by atoms with E-state index in [9.17, 15) is 14.9 Å². The maximum atomic E-state index is 13.9. The summed E-state index contributed by atoms with van der Waals surface area (Å²) in [5.41, 5.74) is 4.61. The molecule has 2 aliphatic heterocycles. The highest BCUT2D eigenvalue weighted by Crippen LogP contribution is 2.51. The number of aryl methyl sites for hydroxylation is 1. The molecule has 8 nitrogen and oxygen atoms in total. The third kappa shape index (κ3) is 5.50. The second-order valence-electron chi connectivity index (χ2n) is 8.81. The van der Waals surface area contributed by atoms with Crippen LogP contribution in [-0.2, 0) is 16.1 Å². The Labute approximate surface area is 235 Å². The number of rotatable bonds is 5. The lowest BCUT2D eigenvalue weighted by Gasteiger charge is -2.17. The van der Waals surface area contributed by atoms with Gasteiger partial charge in [-0.25, -0.2) is 9.79 Å². The Bertz CT molecular complexity index is 1560. The van der Waals surface area contributed by atoms with Crippen molar-refractivity contribution in [1.29, 1.82) is 5.26 Å². The van der Waals surface area contributed by atoms with Gasteiger partial charge in [-0.3, -0.25) is 15.0 Å². The average molecular weight is 556 g/mol. The third-order valence-electron chi connectivity index (χ3n) is 6.15. The molecular weight excluding hydrogens is 530 g/mol. The van der Waals surface area contributed by atoms with Gasteiger partial charge in [0.2, 0.25) is 0 Å². The van der Waals surface area contributed by atoms with Gasteiger partial charge >= 0.3 is 6.09 Å². The number of carbonyl (C=O) groups is 2. The number of ether oxygens (including phenoxy) is 1. The number of benzene rings is 3. The van der Waals surface area contributed by atoms with Crippen molar-refractivity contribution < 1.29 is 14.3 Å². The lowest BCUT2D eigenvalue weighted by Crippen LogP contribution is -2.29. The standard InChI is InChI=1S/C29H25N5O3S2/c1-4-37-29(36)31-21-12-13-23-24(15-21)38-27(33(23)3)25-26(35)34(17-19-8-6-5-7-9-19)28(39-25)32-22-14-20(16-30)11-10-18(22)2/h5-15H,4,17H2,1-3H3,(H,31,36). The minimum Gasteiger partial charge on any atom is -0.450 e. The molecule has 0 aliphatic carbocycles. The smallest absolute Gasteiger partial charge is 0.411 e. The number of thioether (sulfide) groups is 2. The molecule has 0 spiro atoms. The third-order valence-corrected chi connectivity index (χ3v) is 8.56. The Morgan fingerprint density at radius 2 is 1.90 bits per heavy atom. The highest BCUT2D eigenvalue weighted by atomic mass is 32.2. The van der Waals surface area contributed by atoms with Crippen LogP contribution in [0, 0.1) is 18.3 Å². The van der Waals surface area contributed by atoms with Crippen LogP contribution in [0.1, 0.15) is 23.6 Å². The lowest BCUT2D eigenvalue weighted by atomic mass is 10.1. The minimum atomic E-state index is -0.512. The van der Waals surface area contributed by atoms with E-state index >= 15 is 0 Å². The highest BCUT2D eigenvalue weighted by molar-refractivity contribution is 8.19. The molecular formula is C29H25N5O3S2. The number of amidine groups is 1.